The van der Waals surface area contributed by atoms with Gasteiger partial charge in [-0.1, -0.05) is 29.5 Å². The van der Waals surface area contributed by atoms with Crippen molar-refractivity contribution < 1.29 is 22.7 Å². The van der Waals surface area contributed by atoms with E-state index in [2.05, 4.69) is 20.3 Å². The smallest absolute Gasteiger partial charge is 0.358 e. The number of methoxy groups -OCH3 is 1. The fourth-order valence-corrected chi connectivity index (χ4v) is 4.44. The first kappa shape index (κ1) is 24.6. The van der Waals surface area contributed by atoms with E-state index in [1.165, 1.54) is 43.0 Å². The van der Waals surface area contributed by atoms with Gasteiger partial charge in [0.25, 0.3) is 5.92 Å². The van der Waals surface area contributed by atoms with Crippen LogP contribution in [0.2, 0.25) is 0 Å². The third-order valence-electron chi connectivity index (χ3n) is 5.24. The molecule has 7 nitrogen and oxygen atoms in total. The van der Waals surface area contributed by atoms with Gasteiger partial charge in [0, 0.05) is 43.4 Å². The van der Waals surface area contributed by atoms with Crippen LogP contribution < -0.4 is 11.1 Å². The zero-order valence-electron chi connectivity index (χ0n) is 18.9. The van der Waals surface area contributed by atoms with E-state index in [9.17, 15) is 18.0 Å². The molecular weight excluding hydrogens is 479 g/mol. The third kappa shape index (κ3) is 5.75. The number of nitrogens with two attached hydrogens (primary N) is 1. The minimum Gasteiger partial charge on any atom is -0.464 e. The Morgan fingerprint density at radius 1 is 1.17 bits per heavy atom. The van der Waals surface area contributed by atoms with Gasteiger partial charge in [-0.3, -0.25) is 4.98 Å². The van der Waals surface area contributed by atoms with Gasteiger partial charge >= 0.3 is 5.97 Å². The Morgan fingerprint density at radius 3 is 2.66 bits per heavy atom. The zero-order valence-corrected chi connectivity index (χ0v) is 19.7. The van der Waals surface area contributed by atoms with Crippen LogP contribution in [0.3, 0.4) is 0 Å². The van der Waals surface area contributed by atoms with Gasteiger partial charge in [-0.05, 0) is 35.1 Å². The molecule has 35 heavy (non-hydrogen) atoms. The van der Waals surface area contributed by atoms with Crippen LogP contribution in [0.15, 0.2) is 48.8 Å². The molecule has 0 aliphatic rings. The van der Waals surface area contributed by atoms with Crippen molar-refractivity contribution in [3.8, 4) is 10.4 Å². The number of thiazole rings is 1. The summed E-state index contributed by atoms with van der Waals surface area (Å²) in [4.78, 5) is 24.7. The molecule has 0 unspecified atom stereocenters. The van der Waals surface area contributed by atoms with E-state index < -0.39 is 17.8 Å². The minimum atomic E-state index is -3.00. The number of anilines is 1. The molecule has 3 aromatic heterocycles. The number of rotatable bonds is 8. The first-order valence-electron chi connectivity index (χ1n) is 10.6. The number of fused-ring (bicyclic) bond motifs is 1. The second-order valence-corrected chi connectivity index (χ2v) is 9.04. The molecule has 0 amide bonds. The Hall–Kier alpha value is -3.57. The number of carbonyl (C=O) groups is 1. The predicted molar refractivity (Wildman–Crippen MR) is 128 cm³/mol. The van der Waals surface area contributed by atoms with Gasteiger partial charge in [-0.15, -0.1) is 0 Å². The molecule has 0 spiro atoms. The van der Waals surface area contributed by atoms with Crippen LogP contribution >= 0.6 is 11.3 Å². The average Bonchev–Trinajstić information content (AvgIpc) is 3.26. The van der Waals surface area contributed by atoms with Crippen LogP contribution in [0.1, 0.15) is 28.7 Å². The number of nitrogens with zero attached hydrogens (tertiary/aromatic N) is 3. The van der Waals surface area contributed by atoms with Crippen molar-refractivity contribution in [2.45, 2.75) is 25.3 Å². The Kier molecular flexibility index (Phi) is 6.99. The maximum Gasteiger partial charge on any atom is 0.358 e. The Bertz CT molecular complexity index is 1360. The number of halogens is 3. The number of aromatic nitrogens is 3. The van der Waals surface area contributed by atoms with Crippen LogP contribution in [0, 0.1) is 5.95 Å². The van der Waals surface area contributed by atoms with Gasteiger partial charge in [0.05, 0.1) is 12.0 Å². The lowest BCUT2D eigenvalue weighted by molar-refractivity contribution is 0.0127. The van der Waals surface area contributed by atoms with E-state index in [0.717, 1.165) is 17.9 Å². The van der Waals surface area contributed by atoms with E-state index in [1.807, 2.05) is 0 Å². The lowest BCUT2D eigenvalue weighted by Crippen LogP contribution is -2.31. The first-order chi connectivity index (χ1) is 16.6. The van der Waals surface area contributed by atoms with E-state index >= 15 is 0 Å². The summed E-state index contributed by atoms with van der Waals surface area (Å²) < 4.78 is 45.1. The number of ether oxygens (including phenoxy) is 1. The number of pyridine rings is 2. The molecule has 1 atom stereocenters. The van der Waals surface area contributed by atoms with Crippen molar-refractivity contribution in [1.29, 1.82) is 0 Å². The Balaban J connectivity index is 1.50. The van der Waals surface area contributed by atoms with E-state index in [1.54, 1.807) is 24.3 Å². The molecule has 11 heteroatoms. The van der Waals surface area contributed by atoms with Gasteiger partial charge < -0.3 is 15.8 Å². The molecule has 0 radical (unpaired) electrons. The lowest BCUT2D eigenvalue weighted by atomic mass is 10.1. The van der Waals surface area contributed by atoms with Gasteiger partial charge in [0.15, 0.2) is 10.8 Å². The number of benzene rings is 1. The van der Waals surface area contributed by atoms with Crippen molar-refractivity contribution in [3.63, 3.8) is 0 Å². The van der Waals surface area contributed by atoms with Gasteiger partial charge in [0.1, 0.15) is 5.69 Å². The molecular formula is C24H22F3N5O2S. The molecule has 3 N–H and O–H groups in total. The first-order valence-corrected chi connectivity index (χ1v) is 11.4. The number of hydrogen-bond donors (Lipinski definition) is 2. The fraction of sp³-hybridized carbons (Fsp3) is 0.250. The van der Waals surface area contributed by atoms with Crippen molar-refractivity contribution >= 4 is 33.2 Å². The Morgan fingerprint density at radius 2 is 1.97 bits per heavy atom. The highest BCUT2D eigenvalue weighted by Crippen LogP contribution is 2.35. The third-order valence-corrected chi connectivity index (χ3v) is 6.31. The van der Waals surface area contributed by atoms with Gasteiger partial charge in [-0.2, -0.15) is 13.2 Å². The molecule has 0 bridgehead atoms. The molecule has 0 fully saturated rings. The van der Waals surface area contributed by atoms with Crippen LogP contribution in [0.25, 0.3) is 21.2 Å². The Labute approximate surface area is 203 Å². The van der Waals surface area contributed by atoms with Crippen molar-refractivity contribution in [2.75, 3.05) is 19.0 Å². The quantitative estimate of drug-likeness (QED) is 0.265. The molecule has 1 aromatic carbocycles. The van der Waals surface area contributed by atoms with Crippen molar-refractivity contribution in [3.05, 3.63) is 71.7 Å². The molecule has 0 aliphatic heterocycles. The largest absolute Gasteiger partial charge is 0.464 e. The minimum absolute atomic E-state index is 0.128. The molecule has 0 saturated carbocycles. The van der Waals surface area contributed by atoms with Gasteiger partial charge in [-0.25, -0.2) is 14.8 Å². The molecule has 182 valence electrons. The highest BCUT2D eigenvalue weighted by atomic mass is 32.1. The summed E-state index contributed by atoms with van der Waals surface area (Å²) in [6.45, 7) is 1.11. The van der Waals surface area contributed by atoms with Crippen LogP contribution in [-0.4, -0.2) is 40.6 Å². The number of carbonyl (C=O) groups excluding carboxylic acids is 1. The summed E-state index contributed by atoms with van der Waals surface area (Å²) in [7, 11) is 1.27. The number of alkyl halides is 2. The number of hydrogen-bond acceptors (Lipinski definition) is 8. The molecule has 4 aromatic rings. The van der Waals surface area contributed by atoms with E-state index in [4.69, 9.17) is 10.5 Å². The van der Waals surface area contributed by atoms with Crippen LogP contribution in [0.5, 0.6) is 0 Å². The van der Waals surface area contributed by atoms with Crippen LogP contribution in [0.4, 0.5) is 18.3 Å². The standard InChI is InChI=1S/C24H22F3N5O2S/c1-24(26,27)18-6-3-13(10-29-18)7-17(28)12-31-23-32-20(22(33)34-2)21(35-23)14-4-5-15-11-30-19(25)9-16(15)8-14/h3-6,8-11,17H,7,12,28H2,1-2H3,(H,31,32)/t17-/m1/s1. The summed E-state index contributed by atoms with van der Waals surface area (Å²) in [6.07, 6.45) is 3.23. The molecule has 3 heterocycles. The summed E-state index contributed by atoms with van der Waals surface area (Å²) in [6, 6.07) is 9.16. The average molecular weight is 502 g/mol. The normalized spacial score (nSPS) is 12.5. The molecule has 4 rings (SSSR count). The summed E-state index contributed by atoms with van der Waals surface area (Å²) >= 11 is 1.24. The summed E-state index contributed by atoms with van der Waals surface area (Å²) in [5.74, 6) is -4.21. The maximum absolute atomic E-state index is 13.6. The topological polar surface area (TPSA) is 103 Å². The fourth-order valence-electron chi connectivity index (χ4n) is 3.48. The van der Waals surface area contributed by atoms with E-state index in [-0.39, 0.29) is 17.4 Å². The van der Waals surface area contributed by atoms with Crippen molar-refractivity contribution in [1.82, 2.24) is 15.0 Å². The number of nitrogens with one attached hydrogen (secondary N) is 1. The second kappa shape index (κ2) is 9.96. The zero-order chi connectivity index (χ0) is 25.2. The SMILES string of the molecule is COC(=O)c1nc(NC[C@H](N)Cc2ccc(C(C)(F)F)nc2)sc1-c1ccc2cnc(F)cc2c1. The van der Waals surface area contributed by atoms with Crippen LogP contribution in [-0.2, 0) is 17.1 Å². The molecule has 0 saturated heterocycles. The lowest BCUT2D eigenvalue weighted by Gasteiger charge is -2.13. The second-order valence-electron chi connectivity index (χ2n) is 8.04. The highest BCUT2D eigenvalue weighted by Gasteiger charge is 2.26. The maximum atomic E-state index is 13.6. The monoisotopic (exact) mass is 501 g/mol. The van der Waals surface area contributed by atoms with E-state index in [0.29, 0.717) is 33.9 Å². The highest BCUT2D eigenvalue weighted by molar-refractivity contribution is 7.19. The molecule has 0 aliphatic carbocycles. The number of esters is 1. The van der Waals surface area contributed by atoms with Gasteiger partial charge in [0.2, 0.25) is 5.95 Å². The summed E-state index contributed by atoms with van der Waals surface area (Å²) in [5.41, 5.74) is 7.43. The van der Waals surface area contributed by atoms with Crippen molar-refractivity contribution in [2.24, 2.45) is 5.73 Å². The predicted octanol–water partition coefficient (Wildman–Crippen LogP) is 4.77. The summed E-state index contributed by atoms with van der Waals surface area (Å²) in [5, 5.41) is 4.97.